The minimum absolute atomic E-state index is 0.120. The van der Waals surface area contributed by atoms with Crippen molar-refractivity contribution in [2.24, 2.45) is 11.8 Å². The lowest BCUT2D eigenvalue weighted by Crippen LogP contribution is -2.43. The van der Waals surface area contributed by atoms with Gasteiger partial charge in [0.2, 0.25) is 5.91 Å². The van der Waals surface area contributed by atoms with Crippen molar-refractivity contribution in [3.05, 3.63) is 29.8 Å². The van der Waals surface area contributed by atoms with Gasteiger partial charge in [-0.3, -0.25) is 4.79 Å². The van der Waals surface area contributed by atoms with Crippen molar-refractivity contribution < 1.29 is 9.53 Å². The number of amides is 1. The van der Waals surface area contributed by atoms with E-state index in [0.29, 0.717) is 12.5 Å². The van der Waals surface area contributed by atoms with Gasteiger partial charge in [-0.1, -0.05) is 19.1 Å². The zero-order chi connectivity index (χ0) is 14.4. The Kier molecular flexibility index (Phi) is 5.41. The van der Waals surface area contributed by atoms with Crippen molar-refractivity contribution in [3.8, 4) is 5.75 Å². The van der Waals surface area contributed by atoms with Crippen molar-refractivity contribution in [1.29, 1.82) is 0 Å². The van der Waals surface area contributed by atoms with E-state index in [9.17, 15) is 4.79 Å². The summed E-state index contributed by atoms with van der Waals surface area (Å²) in [6, 6.07) is 7.97. The fourth-order valence-electron chi connectivity index (χ4n) is 2.62. The average Bonchev–Trinajstić information content (AvgIpc) is 2.48. The molecule has 2 rings (SSSR count). The van der Waals surface area contributed by atoms with Gasteiger partial charge >= 0.3 is 0 Å². The zero-order valence-electron chi connectivity index (χ0n) is 12.3. The predicted octanol–water partition coefficient (Wildman–Crippen LogP) is 1.60. The lowest BCUT2D eigenvalue weighted by molar-refractivity contribution is -0.125. The molecule has 1 aromatic carbocycles. The Balaban J connectivity index is 1.73. The van der Waals surface area contributed by atoms with Crippen molar-refractivity contribution in [2.45, 2.75) is 19.8 Å². The van der Waals surface area contributed by atoms with Crippen LogP contribution in [0, 0.1) is 11.8 Å². The molecule has 110 valence electrons. The number of carbonyl (C=O) groups excluding carboxylic acids is 1. The third-order valence-corrected chi connectivity index (χ3v) is 3.81. The van der Waals surface area contributed by atoms with Gasteiger partial charge in [-0.2, -0.15) is 0 Å². The first-order chi connectivity index (χ1) is 9.69. The summed E-state index contributed by atoms with van der Waals surface area (Å²) in [5.41, 5.74) is 1.21. The Morgan fingerprint density at radius 1 is 1.35 bits per heavy atom. The van der Waals surface area contributed by atoms with Gasteiger partial charge in [0.15, 0.2) is 0 Å². The van der Waals surface area contributed by atoms with Crippen LogP contribution in [0.1, 0.15) is 18.9 Å². The van der Waals surface area contributed by atoms with Gasteiger partial charge in [0.1, 0.15) is 5.75 Å². The monoisotopic (exact) mass is 276 g/mol. The number of hydrogen-bond acceptors (Lipinski definition) is 3. The maximum absolute atomic E-state index is 12.1. The number of piperidine rings is 1. The summed E-state index contributed by atoms with van der Waals surface area (Å²) in [5.74, 6) is 1.74. The molecule has 1 fully saturated rings. The van der Waals surface area contributed by atoms with E-state index in [1.165, 1.54) is 5.56 Å². The third-order valence-electron chi connectivity index (χ3n) is 3.81. The van der Waals surface area contributed by atoms with Crippen molar-refractivity contribution >= 4 is 5.91 Å². The molecular formula is C16H24N2O2. The van der Waals surface area contributed by atoms with Gasteiger partial charge in [-0.25, -0.2) is 0 Å². The summed E-state index contributed by atoms with van der Waals surface area (Å²) in [5, 5.41) is 6.35. The summed E-state index contributed by atoms with van der Waals surface area (Å²) < 4.78 is 5.12. The average molecular weight is 276 g/mol. The molecule has 0 bridgehead atoms. The summed E-state index contributed by atoms with van der Waals surface area (Å²) in [6.07, 6.45) is 1.84. The Labute approximate surface area is 120 Å². The van der Waals surface area contributed by atoms with Crippen molar-refractivity contribution in [1.82, 2.24) is 10.6 Å². The zero-order valence-corrected chi connectivity index (χ0v) is 12.3. The minimum Gasteiger partial charge on any atom is -0.497 e. The normalized spacial score (nSPS) is 22.3. The van der Waals surface area contributed by atoms with Crippen LogP contribution in [-0.2, 0) is 11.2 Å². The molecule has 2 N–H and O–H groups in total. The van der Waals surface area contributed by atoms with E-state index in [-0.39, 0.29) is 11.8 Å². The highest BCUT2D eigenvalue weighted by Crippen LogP contribution is 2.16. The molecule has 2 atom stereocenters. The van der Waals surface area contributed by atoms with Crippen LogP contribution in [0.5, 0.6) is 5.75 Å². The second kappa shape index (κ2) is 7.29. The van der Waals surface area contributed by atoms with Crippen LogP contribution in [0.25, 0.3) is 0 Å². The summed E-state index contributed by atoms with van der Waals surface area (Å²) >= 11 is 0. The molecule has 4 heteroatoms. The fraction of sp³-hybridized carbons (Fsp3) is 0.562. The molecule has 1 aliphatic heterocycles. The topological polar surface area (TPSA) is 50.4 Å². The number of benzene rings is 1. The largest absolute Gasteiger partial charge is 0.497 e. The molecule has 2 unspecified atom stereocenters. The Morgan fingerprint density at radius 3 is 2.75 bits per heavy atom. The second-order valence-electron chi connectivity index (χ2n) is 5.59. The molecule has 0 radical (unpaired) electrons. The Hall–Kier alpha value is -1.55. The number of ether oxygens (including phenoxy) is 1. The lowest BCUT2D eigenvalue weighted by Gasteiger charge is -2.26. The van der Waals surface area contributed by atoms with Gasteiger partial charge in [0.25, 0.3) is 0 Å². The van der Waals surface area contributed by atoms with E-state index < -0.39 is 0 Å². The van der Waals surface area contributed by atoms with E-state index in [1.54, 1.807) is 7.11 Å². The molecule has 1 saturated heterocycles. The van der Waals surface area contributed by atoms with Crippen LogP contribution in [0.3, 0.4) is 0 Å². The van der Waals surface area contributed by atoms with Crippen LogP contribution in [0.2, 0.25) is 0 Å². The summed E-state index contributed by atoms with van der Waals surface area (Å²) in [4.78, 5) is 12.1. The number of nitrogens with one attached hydrogen (secondary N) is 2. The molecule has 0 aliphatic carbocycles. The Bertz CT molecular complexity index is 431. The standard InChI is InChI=1S/C16H24N2O2/c1-12-9-14(11-17-10-12)16(19)18-8-7-13-3-5-15(20-2)6-4-13/h3-6,12,14,17H,7-11H2,1-2H3,(H,18,19). The van der Waals surface area contributed by atoms with Gasteiger partial charge < -0.3 is 15.4 Å². The molecule has 1 aliphatic rings. The Morgan fingerprint density at radius 2 is 2.10 bits per heavy atom. The summed E-state index contributed by atoms with van der Waals surface area (Å²) in [6.45, 7) is 4.70. The molecule has 1 aromatic rings. The number of hydrogen-bond donors (Lipinski definition) is 2. The van der Waals surface area contributed by atoms with Crippen LogP contribution >= 0.6 is 0 Å². The highest BCUT2D eigenvalue weighted by Gasteiger charge is 2.24. The molecule has 1 amide bonds. The first-order valence-corrected chi connectivity index (χ1v) is 7.30. The van der Waals surface area contributed by atoms with Crippen LogP contribution in [-0.4, -0.2) is 32.7 Å². The van der Waals surface area contributed by atoms with Crippen LogP contribution in [0.15, 0.2) is 24.3 Å². The molecule has 0 aromatic heterocycles. The number of rotatable bonds is 5. The van der Waals surface area contributed by atoms with E-state index in [2.05, 4.69) is 17.6 Å². The fourth-order valence-corrected chi connectivity index (χ4v) is 2.62. The number of methoxy groups -OCH3 is 1. The maximum Gasteiger partial charge on any atom is 0.224 e. The van der Waals surface area contributed by atoms with Crippen molar-refractivity contribution in [3.63, 3.8) is 0 Å². The first kappa shape index (κ1) is 14.9. The molecule has 0 saturated carbocycles. The summed E-state index contributed by atoms with van der Waals surface area (Å²) in [7, 11) is 1.66. The van der Waals surface area contributed by atoms with Gasteiger partial charge in [0, 0.05) is 13.1 Å². The minimum atomic E-state index is 0.120. The molecule has 20 heavy (non-hydrogen) atoms. The van der Waals surface area contributed by atoms with E-state index in [4.69, 9.17) is 4.74 Å². The highest BCUT2D eigenvalue weighted by molar-refractivity contribution is 5.79. The third kappa shape index (κ3) is 4.23. The van der Waals surface area contributed by atoms with E-state index in [0.717, 1.165) is 31.7 Å². The predicted molar refractivity (Wildman–Crippen MR) is 79.8 cm³/mol. The smallest absolute Gasteiger partial charge is 0.224 e. The van der Waals surface area contributed by atoms with Gasteiger partial charge in [0.05, 0.1) is 13.0 Å². The van der Waals surface area contributed by atoms with E-state index in [1.807, 2.05) is 24.3 Å². The van der Waals surface area contributed by atoms with Crippen LogP contribution < -0.4 is 15.4 Å². The highest BCUT2D eigenvalue weighted by atomic mass is 16.5. The first-order valence-electron chi connectivity index (χ1n) is 7.30. The van der Waals surface area contributed by atoms with Crippen molar-refractivity contribution in [2.75, 3.05) is 26.7 Å². The van der Waals surface area contributed by atoms with Crippen LogP contribution in [0.4, 0.5) is 0 Å². The molecule has 0 spiro atoms. The van der Waals surface area contributed by atoms with E-state index >= 15 is 0 Å². The van der Waals surface area contributed by atoms with Gasteiger partial charge in [-0.05, 0) is 43.0 Å². The second-order valence-corrected chi connectivity index (χ2v) is 5.59. The molecule has 4 nitrogen and oxygen atoms in total. The quantitative estimate of drug-likeness (QED) is 0.859. The SMILES string of the molecule is COc1ccc(CCNC(=O)C2CNCC(C)C2)cc1. The van der Waals surface area contributed by atoms with Gasteiger partial charge in [-0.15, -0.1) is 0 Å². The molecule has 1 heterocycles. The number of carbonyl (C=O) groups is 1. The molecular weight excluding hydrogens is 252 g/mol. The lowest BCUT2D eigenvalue weighted by atomic mass is 9.91. The maximum atomic E-state index is 12.1.